The van der Waals surface area contributed by atoms with Crippen LogP contribution in [0.1, 0.15) is 11.4 Å². The number of aromatic nitrogens is 2. The summed E-state index contributed by atoms with van der Waals surface area (Å²) in [5.74, 6) is 2.58. The smallest absolute Gasteiger partial charge is 0.244 e. The number of para-hydroxylation sites is 2. The molecule has 7 heteroatoms. The van der Waals surface area contributed by atoms with Crippen molar-refractivity contribution in [2.45, 2.75) is 20.1 Å². The summed E-state index contributed by atoms with van der Waals surface area (Å²) in [6.45, 7) is 2.58. The topological polar surface area (TPSA) is 74.6 Å². The van der Waals surface area contributed by atoms with Gasteiger partial charge in [-0.15, -0.1) is 0 Å². The summed E-state index contributed by atoms with van der Waals surface area (Å²) in [6, 6.07) is 20.9. The van der Waals surface area contributed by atoms with Crippen LogP contribution in [0.2, 0.25) is 0 Å². The molecule has 5 rings (SSSR count). The van der Waals surface area contributed by atoms with Crippen molar-refractivity contribution in [3.63, 3.8) is 0 Å². The Bertz CT molecular complexity index is 1260. The summed E-state index contributed by atoms with van der Waals surface area (Å²) in [5, 5.41) is 2.92. The molecule has 0 fully saturated rings. The number of nitrogens with zero attached hydrogens (tertiary/aromatic N) is 2. The number of ether oxygens (including phenoxy) is 3. The van der Waals surface area contributed by atoms with Crippen LogP contribution in [-0.2, 0) is 17.9 Å². The number of hydrogen-bond donors (Lipinski definition) is 1. The van der Waals surface area contributed by atoms with Crippen molar-refractivity contribution in [2.24, 2.45) is 0 Å². The van der Waals surface area contributed by atoms with Crippen molar-refractivity contribution in [1.82, 2.24) is 9.55 Å². The van der Waals surface area contributed by atoms with E-state index < -0.39 is 0 Å². The van der Waals surface area contributed by atoms with Gasteiger partial charge in [0, 0.05) is 11.8 Å². The summed E-state index contributed by atoms with van der Waals surface area (Å²) in [6.07, 6.45) is 0. The van der Waals surface area contributed by atoms with E-state index in [1.54, 1.807) is 18.2 Å². The Morgan fingerprint density at radius 3 is 2.84 bits per heavy atom. The number of rotatable bonds is 6. The van der Waals surface area contributed by atoms with Gasteiger partial charge in [-0.25, -0.2) is 4.98 Å². The first-order valence-corrected chi connectivity index (χ1v) is 9.99. The van der Waals surface area contributed by atoms with E-state index in [1.165, 1.54) is 0 Å². The van der Waals surface area contributed by atoms with Gasteiger partial charge in [-0.1, -0.05) is 24.3 Å². The van der Waals surface area contributed by atoms with Gasteiger partial charge in [0.15, 0.2) is 11.5 Å². The molecule has 4 aromatic rings. The van der Waals surface area contributed by atoms with Crippen molar-refractivity contribution in [3.05, 3.63) is 78.1 Å². The second-order valence-corrected chi connectivity index (χ2v) is 7.32. The molecular weight excluding hydrogens is 394 g/mol. The Balaban J connectivity index is 1.36. The highest BCUT2D eigenvalue weighted by Gasteiger charge is 2.17. The normalized spacial score (nSPS) is 12.2. The molecule has 1 N–H and O–H groups in total. The van der Waals surface area contributed by atoms with Crippen molar-refractivity contribution in [3.8, 4) is 17.2 Å². The third-order valence-electron chi connectivity index (χ3n) is 5.05. The lowest BCUT2D eigenvalue weighted by Crippen LogP contribution is -2.20. The zero-order valence-electron chi connectivity index (χ0n) is 17.0. The lowest BCUT2D eigenvalue weighted by Gasteiger charge is -2.11. The molecule has 31 heavy (non-hydrogen) atoms. The highest BCUT2D eigenvalue weighted by Crippen LogP contribution is 2.34. The first-order valence-electron chi connectivity index (χ1n) is 9.99. The van der Waals surface area contributed by atoms with E-state index in [-0.39, 0.29) is 25.9 Å². The molecule has 1 aromatic heterocycles. The standard InChI is InChI=1S/C24H21N3O4/c1-16-5-4-6-18(11-16)29-14-23-26-19-7-2-3-8-20(19)27(23)13-24(28)25-17-9-10-21-22(12-17)31-15-30-21/h2-12H,13-15H2,1H3,(H,25,28). The van der Waals surface area contributed by atoms with Gasteiger partial charge in [0.05, 0.1) is 11.0 Å². The van der Waals surface area contributed by atoms with E-state index in [4.69, 9.17) is 14.2 Å². The Morgan fingerprint density at radius 1 is 1.06 bits per heavy atom. The van der Waals surface area contributed by atoms with Gasteiger partial charge < -0.3 is 24.1 Å². The summed E-state index contributed by atoms with van der Waals surface area (Å²) in [7, 11) is 0. The molecule has 0 bridgehead atoms. The third-order valence-corrected chi connectivity index (χ3v) is 5.05. The average molecular weight is 415 g/mol. The lowest BCUT2D eigenvalue weighted by molar-refractivity contribution is -0.116. The SMILES string of the molecule is Cc1cccc(OCc2nc3ccccc3n2CC(=O)Nc2ccc3c(c2)OCO3)c1. The lowest BCUT2D eigenvalue weighted by atomic mass is 10.2. The van der Waals surface area contributed by atoms with Crippen LogP contribution in [0.3, 0.4) is 0 Å². The van der Waals surface area contributed by atoms with Gasteiger partial charge in [-0.2, -0.15) is 0 Å². The van der Waals surface area contributed by atoms with E-state index in [0.29, 0.717) is 23.0 Å². The van der Waals surface area contributed by atoms with Crippen molar-refractivity contribution in [2.75, 3.05) is 12.1 Å². The fourth-order valence-electron chi connectivity index (χ4n) is 3.58. The highest BCUT2D eigenvalue weighted by atomic mass is 16.7. The molecule has 0 aliphatic carbocycles. The van der Waals surface area contributed by atoms with Crippen LogP contribution in [0.25, 0.3) is 11.0 Å². The minimum atomic E-state index is -0.168. The Hall–Kier alpha value is -4.00. The summed E-state index contributed by atoms with van der Waals surface area (Å²) >= 11 is 0. The van der Waals surface area contributed by atoms with Crippen molar-refractivity contribution >= 4 is 22.6 Å². The van der Waals surface area contributed by atoms with Crippen LogP contribution < -0.4 is 19.5 Å². The predicted molar refractivity (Wildman–Crippen MR) is 116 cm³/mol. The van der Waals surface area contributed by atoms with Gasteiger partial charge in [0.2, 0.25) is 12.7 Å². The molecule has 0 atom stereocenters. The largest absolute Gasteiger partial charge is 0.486 e. The third kappa shape index (κ3) is 4.02. The number of imidazole rings is 1. The molecule has 7 nitrogen and oxygen atoms in total. The number of amides is 1. The Morgan fingerprint density at radius 2 is 1.94 bits per heavy atom. The quantitative estimate of drug-likeness (QED) is 0.508. The average Bonchev–Trinajstić information content (AvgIpc) is 3.37. The zero-order valence-corrected chi connectivity index (χ0v) is 17.0. The maximum Gasteiger partial charge on any atom is 0.244 e. The molecule has 0 spiro atoms. The number of carbonyl (C=O) groups excluding carboxylic acids is 1. The minimum absolute atomic E-state index is 0.113. The van der Waals surface area contributed by atoms with Gasteiger partial charge in [-0.3, -0.25) is 4.79 Å². The number of anilines is 1. The van der Waals surface area contributed by atoms with E-state index in [0.717, 1.165) is 22.3 Å². The summed E-state index contributed by atoms with van der Waals surface area (Å²) in [5.41, 5.74) is 3.47. The Kier molecular flexibility index (Phi) is 4.92. The van der Waals surface area contributed by atoms with Crippen molar-refractivity contribution in [1.29, 1.82) is 0 Å². The molecule has 1 aliphatic heterocycles. The zero-order chi connectivity index (χ0) is 21.2. The first kappa shape index (κ1) is 19.0. The van der Waals surface area contributed by atoms with Crippen LogP contribution in [0, 0.1) is 6.92 Å². The number of fused-ring (bicyclic) bond motifs is 2. The van der Waals surface area contributed by atoms with Crippen molar-refractivity contribution < 1.29 is 19.0 Å². The molecule has 0 unspecified atom stereocenters. The monoisotopic (exact) mass is 415 g/mol. The molecule has 2 heterocycles. The van der Waals surface area contributed by atoms with Gasteiger partial charge in [0.1, 0.15) is 24.7 Å². The molecule has 0 saturated carbocycles. The van der Waals surface area contributed by atoms with E-state index >= 15 is 0 Å². The van der Waals surface area contributed by atoms with E-state index in [2.05, 4.69) is 10.3 Å². The van der Waals surface area contributed by atoms with Crippen LogP contribution in [0.15, 0.2) is 66.7 Å². The van der Waals surface area contributed by atoms with Crippen LogP contribution in [0.5, 0.6) is 17.2 Å². The highest BCUT2D eigenvalue weighted by molar-refractivity contribution is 5.92. The number of benzene rings is 3. The molecule has 156 valence electrons. The van der Waals surface area contributed by atoms with E-state index in [1.807, 2.05) is 60.0 Å². The second-order valence-electron chi connectivity index (χ2n) is 7.32. The number of nitrogens with one attached hydrogen (secondary N) is 1. The molecule has 1 aliphatic rings. The maximum atomic E-state index is 12.8. The van der Waals surface area contributed by atoms with Gasteiger partial charge >= 0.3 is 0 Å². The molecular formula is C24H21N3O4. The second kappa shape index (κ2) is 8.02. The number of carbonyl (C=O) groups is 1. The molecule has 0 radical (unpaired) electrons. The van der Waals surface area contributed by atoms with Crippen LogP contribution >= 0.6 is 0 Å². The number of hydrogen-bond acceptors (Lipinski definition) is 5. The van der Waals surface area contributed by atoms with E-state index in [9.17, 15) is 4.79 Å². The molecule has 1 amide bonds. The number of aryl methyl sites for hydroxylation is 1. The summed E-state index contributed by atoms with van der Waals surface area (Å²) < 4.78 is 18.5. The minimum Gasteiger partial charge on any atom is -0.486 e. The first-order chi connectivity index (χ1) is 15.2. The Labute approximate surface area is 179 Å². The molecule has 0 saturated heterocycles. The summed E-state index contributed by atoms with van der Waals surface area (Å²) in [4.78, 5) is 17.5. The fraction of sp³-hybridized carbons (Fsp3) is 0.167. The van der Waals surface area contributed by atoms with Crippen LogP contribution in [-0.4, -0.2) is 22.3 Å². The van der Waals surface area contributed by atoms with Crippen LogP contribution in [0.4, 0.5) is 5.69 Å². The van der Waals surface area contributed by atoms with Gasteiger partial charge in [-0.05, 0) is 48.9 Å². The fourth-order valence-corrected chi connectivity index (χ4v) is 3.58. The maximum absolute atomic E-state index is 12.8. The van der Waals surface area contributed by atoms with Gasteiger partial charge in [0.25, 0.3) is 0 Å². The predicted octanol–water partition coefficient (Wildman–Crippen LogP) is 4.29. The molecule has 3 aromatic carbocycles.